The average molecular weight is 442 g/mol. The molecule has 0 N–H and O–H groups in total. The molecule has 146 valence electrons. The SMILES string of the molecule is COc1ccc(CN2C(=O)/C(=C\c3ccc(-c4ccccc4Cl)o3)SC2=S)cc1. The van der Waals surface area contributed by atoms with Crippen LogP contribution in [-0.4, -0.2) is 22.2 Å². The lowest BCUT2D eigenvalue weighted by Gasteiger charge is -2.14. The molecule has 1 saturated heterocycles. The number of rotatable bonds is 5. The Morgan fingerprint density at radius 3 is 2.62 bits per heavy atom. The van der Waals surface area contributed by atoms with Crippen molar-refractivity contribution in [1.29, 1.82) is 0 Å². The number of halogens is 1. The monoisotopic (exact) mass is 441 g/mol. The zero-order chi connectivity index (χ0) is 20.4. The van der Waals surface area contributed by atoms with E-state index in [0.29, 0.717) is 32.3 Å². The number of carbonyl (C=O) groups excluding carboxylic acids is 1. The molecule has 0 unspecified atom stereocenters. The van der Waals surface area contributed by atoms with Crippen LogP contribution in [0.25, 0.3) is 17.4 Å². The highest BCUT2D eigenvalue weighted by Gasteiger charge is 2.32. The minimum atomic E-state index is -0.133. The van der Waals surface area contributed by atoms with E-state index in [1.54, 1.807) is 18.1 Å². The van der Waals surface area contributed by atoms with Crippen molar-refractivity contribution in [2.24, 2.45) is 0 Å². The summed E-state index contributed by atoms with van der Waals surface area (Å²) in [4.78, 5) is 15.0. The molecule has 4 rings (SSSR count). The van der Waals surface area contributed by atoms with Gasteiger partial charge in [0.2, 0.25) is 0 Å². The van der Waals surface area contributed by atoms with Crippen molar-refractivity contribution in [2.75, 3.05) is 7.11 Å². The lowest BCUT2D eigenvalue weighted by Crippen LogP contribution is -2.27. The van der Waals surface area contributed by atoms with Crippen molar-refractivity contribution in [3.8, 4) is 17.1 Å². The molecule has 0 spiro atoms. The predicted octanol–water partition coefficient (Wildman–Crippen LogP) is 6.01. The number of ether oxygens (including phenoxy) is 1. The van der Waals surface area contributed by atoms with Crippen LogP contribution in [0.5, 0.6) is 5.75 Å². The molecule has 4 nitrogen and oxygen atoms in total. The Hall–Kier alpha value is -2.54. The zero-order valence-corrected chi connectivity index (χ0v) is 17.8. The Balaban J connectivity index is 1.52. The first kappa shape index (κ1) is 19.8. The fourth-order valence-electron chi connectivity index (χ4n) is 2.92. The minimum Gasteiger partial charge on any atom is -0.497 e. The van der Waals surface area contributed by atoms with Gasteiger partial charge in [-0.2, -0.15) is 0 Å². The van der Waals surface area contributed by atoms with Gasteiger partial charge in [0.25, 0.3) is 5.91 Å². The van der Waals surface area contributed by atoms with Crippen LogP contribution in [0.2, 0.25) is 5.02 Å². The maximum absolute atomic E-state index is 12.8. The van der Waals surface area contributed by atoms with E-state index in [1.807, 2.05) is 60.7 Å². The van der Waals surface area contributed by atoms with E-state index < -0.39 is 0 Å². The highest BCUT2D eigenvalue weighted by molar-refractivity contribution is 8.26. The van der Waals surface area contributed by atoms with Gasteiger partial charge in [-0.25, -0.2) is 0 Å². The normalized spacial score (nSPS) is 15.4. The van der Waals surface area contributed by atoms with Crippen LogP contribution in [0.3, 0.4) is 0 Å². The lowest BCUT2D eigenvalue weighted by molar-refractivity contribution is -0.122. The van der Waals surface area contributed by atoms with Gasteiger partial charge in [0.1, 0.15) is 21.6 Å². The number of methoxy groups -OCH3 is 1. The zero-order valence-electron chi connectivity index (χ0n) is 15.4. The fraction of sp³-hybridized carbons (Fsp3) is 0.0909. The molecule has 1 fully saturated rings. The molecule has 0 bridgehead atoms. The smallest absolute Gasteiger partial charge is 0.266 e. The Bertz CT molecular complexity index is 1110. The van der Waals surface area contributed by atoms with Gasteiger partial charge in [0.05, 0.1) is 23.6 Å². The molecule has 1 aliphatic heterocycles. The molecule has 3 aromatic rings. The summed E-state index contributed by atoms with van der Waals surface area (Å²) < 4.78 is 11.6. The van der Waals surface area contributed by atoms with Gasteiger partial charge in [-0.3, -0.25) is 9.69 Å². The van der Waals surface area contributed by atoms with Crippen molar-refractivity contribution in [3.05, 3.63) is 81.9 Å². The van der Waals surface area contributed by atoms with Crippen molar-refractivity contribution in [1.82, 2.24) is 4.90 Å². The summed E-state index contributed by atoms with van der Waals surface area (Å²) in [5, 5.41) is 0.610. The first-order chi connectivity index (χ1) is 14.0. The van der Waals surface area contributed by atoms with E-state index in [2.05, 4.69) is 0 Å². The van der Waals surface area contributed by atoms with Gasteiger partial charge in [-0.15, -0.1) is 0 Å². The van der Waals surface area contributed by atoms with E-state index in [-0.39, 0.29) is 5.91 Å². The second-order valence-electron chi connectivity index (χ2n) is 6.30. The van der Waals surface area contributed by atoms with Crippen molar-refractivity contribution in [2.45, 2.75) is 6.54 Å². The quantitative estimate of drug-likeness (QED) is 0.358. The Morgan fingerprint density at radius 2 is 1.90 bits per heavy atom. The van der Waals surface area contributed by atoms with Gasteiger partial charge < -0.3 is 9.15 Å². The Kier molecular flexibility index (Phi) is 5.76. The number of thioether (sulfide) groups is 1. The third-order valence-electron chi connectivity index (χ3n) is 4.41. The van der Waals surface area contributed by atoms with Gasteiger partial charge in [-0.05, 0) is 42.0 Å². The van der Waals surface area contributed by atoms with Crippen molar-refractivity contribution >= 4 is 51.9 Å². The topological polar surface area (TPSA) is 42.7 Å². The molecule has 1 amide bonds. The number of hydrogen-bond donors (Lipinski definition) is 0. The number of furan rings is 1. The van der Waals surface area contributed by atoms with Crippen LogP contribution >= 0.6 is 35.6 Å². The highest BCUT2D eigenvalue weighted by atomic mass is 35.5. The summed E-state index contributed by atoms with van der Waals surface area (Å²) in [6, 6.07) is 18.7. The predicted molar refractivity (Wildman–Crippen MR) is 121 cm³/mol. The van der Waals surface area contributed by atoms with E-state index in [1.165, 1.54) is 11.8 Å². The number of thiocarbonyl (C=S) groups is 1. The molecule has 1 aliphatic rings. The largest absolute Gasteiger partial charge is 0.497 e. The molecule has 0 aliphatic carbocycles. The fourth-order valence-corrected chi connectivity index (χ4v) is 4.38. The van der Waals surface area contributed by atoms with E-state index in [9.17, 15) is 4.79 Å². The van der Waals surface area contributed by atoms with E-state index in [0.717, 1.165) is 16.9 Å². The standard InChI is InChI=1S/C22H16ClNO3S2/c1-26-15-8-6-14(7-9-15)13-24-21(25)20(29-22(24)28)12-16-10-11-19(27-16)17-4-2-3-5-18(17)23/h2-12H,13H2,1H3/b20-12+. The number of hydrogen-bond acceptors (Lipinski definition) is 5. The summed E-state index contributed by atoms with van der Waals surface area (Å²) in [7, 11) is 1.62. The molecule has 2 aromatic carbocycles. The third-order valence-corrected chi connectivity index (χ3v) is 6.12. The van der Waals surface area contributed by atoms with Gasteiger partial charge in [-0.1, -0.05) is 59.8 Å². The van der Waals surface area contributed by atoms with E-state index in [4.69, 9.17) is 33.0 Å². The number of benzene rings is 2. The number of amides is 1. The first-order valence-corrected chi connectivity index (χ1v) is 10.4. The van der Waals surface area contributed by atoms with Crippen LogP contribution in [0, 0.1) is 0 Å². The van der Waals surface area contributed by atoms with Crippen LogP contribution < -0.4 is 4.74 Å². The van der Waals surface area contributed by atoms with Gasteiger partial charge in [0, 0.05) is 11.6 Å². The molecule has 2 heterocycles. The lowest BCUT2D eigenvalue weighted by atomic mass is 10.2. The highest BCUT2D eigenvalue weighted by Crippen LogP contribution is 2.35. The second kappa shape index (κ2) is 8.45. The summed E-state index contributed by atoms with van der Waals surface area (Å²) in [5.41, 5.74) is 1.78. The maximum atomic E-state index is 12.8. The molecule has 0 radical (unpaired) electrons. The molecule has 7 heteroatoms. The minimum absolute atomic E-state index is 0.133. The molecular formula is C22H16ClNO3S2. The Morgan fingerprint density at radius 1 is 1.14 bits per heavy atom. The van der Waals surface area contributed by atoms with Gasteiger partial charge >= 0.3 is 0 Å². The summed E-state index contributed by atoms with van der Waals surface area (Å²) in [6.45, 7) is 0.412. The first-order valence-electron chi connectivity index (χ1n) is 8.78. The van der Waals surface area contributed by atoms with Crippen LogP contribution in [0.15, 0.2) is 70.0 Å². The Labute approximate surface area is 183 Å². The van der Waals surface area contributed by atoms with E-state index >= 15 is 0 Å². The van der Waals surface area contributed by atoms with Gasteiger partial charge in [0.15, 0.2) is 0 Å². The van der Waals surface area contributed by atoms with Crippen LogP contribution in [-0.2, 0) is 11.3 Å². The number of carbonyl (C=O) groups is 1. The van der Waals surface area contributed by atoms with Crippen LogP contribution in [0.4, 0.5) is 0 Å². The number of nitrogens with zero attached hydrogens (tertiary/aromatic N) is 1. The molecule has 0 saturated carbocycles. The maximum Gasteiger partial charge on any atom is 0.266 e. The molecule has 0 atom stereocenters. The van der Waals surface area contributed by atoms with Crippen molar-refractivity contribution < 1.29 is 13.9 Å². The second-order valence-corrected chi connectivity index (χ2v) is 8.38. The average Bonchev–Trinajstić information content (AvgIpc) is 3.29. The van der Waals surface area contributed by atoms with Crippen LogP contribution in [0.1, 0.15) is 11.3 Å². The third kappa shape index (κ3) is 4.24. The molecular weight excluding hydrogens is 426 g/mol. The van der Waals surface area contributed by atoms with Crippen molar-refractivity contribution in [3.63, 3.8) is 0 Å². The molecule has 29 heavy (non-hydrogen) atoms. The molecule has 1 aromatic heterocycles. The summed E-state index contributed by atoms with van der Waals surface area (Å²) in [5.74, 6) is 1.86. The summed E-state index contributed by atoms with van der Waals surface area (Å²) >= 11 is 12.9. The summed E-state index contributed by atoms with van der Waals surface area (Å²) in [6.07, 6.45) is 1.72.